The van der Waals surface area contributed by atoms with Gasteiger partial charge in [-0.15, -0.1) is 0 Å². The van der Waals surface area contributed by atoms with Crippen LogP contribution in [0, 0.1) is 11.3 Å². The molecule has 0 aliphatic rings. The Balaban J connectivity index is 1.19. The van der Waals surface area contributed by atoms with E-state index in [1.165, 1.54) is 0 Å². The Morgan fingerprint density at radius 1 is 0.312 bits per heavy atom. The fourth-order valence-electron chi connectivity index (χ4n) is 9.65. The molecule has 0 amide bonds. The zero-order chi connectivity index (χ0) is 42.6. The van der Waals surface area contributed by atoms with Gasteiger partial charge in [0.2, 0.25) is 0 Å². The van der Waals surface area contributed by atoms with Crippen LogP contribution in [-0.4, -0.2) is 14.1 Å². The molecule has 0 spiro atoms. The Morgan fingerprint density at radius 3 is 0.922 bits per heavy atom. The van der Waals surface area contributed by atoms with Gasteiger partial charge in [-0.1, -0.05) is 146 Å². The number of benzene rings is 9. The first-order valence-corrected chi connectivity index (χ1v) is 21.6. The Labute approximate surface area is 370 Å². The highest BCUT2D eigenvalue weighted by Gasteiger charge is 2.24. The van der Waals surface area contributed by atoms with Crippen LogP contribution in [0.1, 0.15) is 5.56 Å². The van der Waals surface area contributed by atoms with Crippen molar-refractivity contribution in [2.24, 2.45) is 0 Å². The first-order valence-electron chi connectivity index (χ1n) is 21.6. The summed E-state index contributed by atoms with van der Waals surface area (Å²) in [5, 5.41) is 15.5. The normalized spacial score (nSPS) is 11.4. The molecule has 12 rings (SSSR count). The summed E-state index contributed by atoms with van der Waals surface area (Å²) in [7, 11) is 0. The number of rotatable bonds is 7. The Hall–Kier alpha value is -8.78. The maximum absolute atomic E-state index is 11.0. The van der Waals surface area contributed by atoms with E-state index in [1.54, 1.807) is 0 Å². The van der Waals surface area contributed by atoms with Gasteiger partial charge in [-0.2, -0.15) is 5.26 Å². The minimum absolute atomic E-state index is 0.566. The average Bonchev–Trinajstić information content (AvgIpc) is 3.88. The van der Waals surface area contributed by atoms with Gasteiger partial charge in [0.1, 0.15) is 0 Å². The van der Waals surface area contributed by atoms with Crippen molar-refractivity contribution in [2.45, 2.75) is 0 Å². The number of aromatic nitrogens is 3. The molecule has 298 valence electrons. The molecule has 0 bridgehead atoms. The molecule has 3 aromatic heterocycles. The molecule has 0 fully saturated rings. The zero-order valence-corrected chi connectivity index (χ0v) is 34.7. The minimum Gasteiger partial charge on any atom is -0.308 e. The van der Waals surface area contributed by atoms with Gasteiger partial charge in [-0.05, 0) is 123 Å². The van der Waals surface area contributed by atoms with Gasteiger partial charge in [-0.25, -0.2) is 0 Å². The van der Waals surface area contributed by atoms with E-state index in [2.05, 4.69) is 239 Å². The van der Waals surface area contributed by atoms with Crippen LogP contribution >= 0.6 is 0 Å². The number of pyridine rings is 1. The van der Waals surface area contributed by atoms with Crippen molar-refractivity contribution in [1.82, 2.24) is 14.1 Å². The third kappa shape index (κ3) is 6.18. The monoisotopic (exact) mass is 814 g/mol. The summed E-state index contributed by atoms with van der Waals surface area (Å²) in [5.41, 5.74) is 17.8. The highest BCUT2D eigenvalue weighted by atomic mass is 15.0. The van der Waals surface area contributed by atoms with Crippen LogP contribution < -0.4 is 0 Å². The molecule has 0 aliphatic heterocycles. The smallest absolute Gasteiger partial charge is 0.0993 e. The summed E-state index contributed by atoms with van der Waals surface area (Å²) >= 11 is 0. The van der Waals surface area contributed by atoms with E-state index in [-0.39, 0.29) is 0 Å². The van der Waals surface area contributed by atoms with E-state index in [0.717, 1.165) is 111 Å². The van der Waals surface area contributed by atoms with Crippen molar-refractivity contribution < 1.29 is 0 Å². The lowest BCUT2D eigenvalue weighted by Crippen LogP contribution is -2.05. The summed E-state index contributed by atoms with van der Waals surface area (Å²) in [6.45, 7) is 0. The van der Waals surface area contributed by atoms with Crippen LogP contribution in [0.15, 0.2) is 231 Å². The summed E-state index contributed by atoms with van der Waals surface area (Å²) < 4.78 is 4.73. The summed E-state index contributed by atoms with van der Waals surface area (Å²) in [6.07, 6.45) is 3.71. The third-order valence-electron chi connectivity index (χ3n) is 12.6. The van der Waals surface area contributed by atoms with E-state index in [9.17, 15) is 5.26 Å². The third-order valence-corrected chi connectivity index (χ3v) is 12.6. The number of nitriles is 1. The predicted molar refractivity (Wildman–Crippen MR) is 265 cm³/mol. The molecule has 0 N–H and O–H groups in total. The second-order valence-electron chi connectivity index (χ2n) is 16.3. The lowest BCUT2D eigenvalue weighted by atomic mass is 9.98. The molecular formula is C60H38N4. The molecule has 9 aromatic carbocycles. The van der Waals surface area contributed by atoms with Crippen LogP contribution in [-0.2, 0) is 0 Å². The van der Waals surface area contributed by atoms with Gasteiger partial charge in [0, 0.05) is 39.5 Å². The zero-order valence-electron chi connectivity index (χ0n) is 34.7. The minimum atomic E-state index is 0.566. The molecule has 0 radical (unpaired) electrons. The molecule has 0 saturated heterocycles. The van der Waals surface area contributed by atoms with Crippen LogP contribution in [0.4, 0.5) is 0 Å². The molecule has 64 heavy (non-hydrogen) atoms. The lowest BCUT2D eigenvalue weighted by Gasteiger charge is -2.21. The van der Waals surface area contributed by atoms with Crippen LogP contribution in [0.25, 0.3) is 111 Å². The lowest BCUT2D eigenvalue weighted by molar-refractivity contribution is 1.13. The molecule has 4 nitrogen and oxygen atoms in total. The van der Waals surface area contributed by atoms with E-state index in [4.69, 9.17) is 0 Å². The van der Waals surface area contributed by atoms with Crippen molar-refractivity contribution in [2.75, 3.05) is 0 Å². The van der Waals surface area contributed by atoms with Gasteiger partial charge in [0.25, 0.3) is 0 Å². The number of hydrogen-bond acceptors (Lipinski definition) is 2. The molecule has 0 saturated carbocycles. The summed E-state index contributed by atoms with van der Waals surface area (Å²) in [5.74, 6) is 0. The quantitative estimate of drug-likeness (QED) is 0.161. The highest BCUT2D eigenvalue weighted by Crippen LogP contribution is 2.45. The number of fused-ring (bicyclic) bond motifs is 6. The maximum Gasteiger partial charge on any atom is 0.0993 e. The van der Waals surface area contributed by atoms with E-state index in [1.807, 2.05) is 12.4 Å². The number of hydrogen-bond donors (Lipinski definition) is 0. The SMILES string of the molecule is N#Cc1cc(-n2c3ccc(-c4ccccc4)cc3c3cc(-c4ccccc4)ccc32)c(-c2ccncc2)c(-n2c3ccc(-c4ccccc4)cc3c3cc(-c4ccccc4)ccc32)c1. The van der Waals surface area contributed by atoms with Gasteiger partial charge >= 0.3 is 0 Å². The van der Waals surface area contributed by atoms with Gasteiger partial charge in [0.15, 0.2) is 0 Å². The van der Waals surface area contributed by atoms with Crippen molar-refractivity contribution in [3.8, 4) is 73.1 Å². The van der Waals surface area contributed by atoms with Crippen LogP contribution in [0.2, 0.25) is 0 Å². The highest BCUT2D eigenvalue weighted by molar-refractivity contribution is 6.14. The van der Waals surface area contributed by atoms with E-state index >= 15 is 0 Å². The van der Waals surface area contributed by atoms with E-state index in [0.29, 0.717) is 5.56 Å². The van der Waals surface area contributed by atoms with Gasteiger partial charge < -0.3 is 9.13 Å². The van der Waals surface area contributed by atoms with E-state index < -0.39 is 0 Å². The van der Waals surface area contributed by atoms with Gasteiger partial charge in [-0.3, -0.25) is 4.98 Å². The van der Waals surface area contributed by atoms with Crippen LogP contribution in [0.5, 0.6) is 0 Å². The Bertz CT molecular complexity index is 3340. The van der Waals surface area contributed by atoms with Crippen molar-refractivity contribution in [1.29, 1.82) is 5.26 Å². The molecule has 3 heterocycles. The maximum atomic E-state index is 11.0. The topological polar surface area (TPSA) is 46.5 Å². The van der Waals surface area contributed by atoms with Gasteiger partial charge in [0.05, 0.1) is 45.1 Å². The van der Waals surface area contributed by atoms with Crippen molar-refractivity contribution in [3.63, 3.8) is 0 Å². The predicted octanol–water partition coefficient (Wildman–Crippen LogP) is 15.5. The fraction of sp³-hybridized carbons (Fsp3) is 0. The number of nitrogens with zero attached hydrogens (tertiary/aromatic N) is 4. The molecule has 0 aliphatic carbocycles. The molecule has 12 aromatic rings. The summed E-state index contributed by atoms with van der Waals surface area (Å²) in [6, 6.07) is 80.2. The Morgan fingerprint density at radius 2 is 0.625 bits per heavy atom. The second-order valence-corrected chi connectivity index (χ2v) is 16.3. The first kappa shape index (κ1) is 37.0. The Kier molecular flexibility index (Phi) is 8.84. The molecule has 0 unspecified atom stereocenters. The molecule has 0 atom stereocenters. The van der Waals surface area contributed by atoms with Crippen molar-refractivity contribution in [3.05, 3.63) is 236 Å². The average molecular weight is 815 g/mol. The van der Waals surface area contributed by atoms with Crippen molar-refractivity contribution >= 4 is 43.6 Å². The van der Waals surface area contributed by atoms with Crippen LogP contribution in [0.3, 0.4) is 0 Å². The second kappa shape index (κ2) is 15.3. The first-order chi connectivity index (χ1) is 31.7. The largest absolute Gasteiger partial charge is 0.308 e. The molecule has 4 heteroatoms. The molecular weight excluding hydrogens is 777 g/mol. The fourth-order valence-corrected chi connectivity index (χ4v) is 9.65. The standard InChI is InChI=1S/C60H38N4/c61-39-40-33-58(63-54-25-21-46(41-13-5-1-6-14-41)35-50(54)51-36-47(22-26-55(51)63)42-15-7-2-8-16-42)60(45-29-31-62-32-30-45)59(34-40)64-56-27-23-48(43-17-9-3-10-18-43)37-52(56)53-38-49(24-28-57(53)64)44-19-11-4-12-20-44/h1-38H. The summed E-state index contributed by atoms with van der Waals surface area (Å²) in [4.78, 5) is 4.48.